The van der Waals surface area contributed by atoms with Gasteiger partial charge in [-0.05, 0) is 38.0 Å². The molecule has 0 aromatic rings. The van der Waals surface area contributed by atoms with Gasteiger partial charge in [-0.15, -0.1) is 0 Å². The molecule has 15 heavy (non-hydrogen) atoms. The van der Waals surface area contributed by atoms with Crippen LogP contribution < -0.4 is 5.73 Å². The summed E-state index contributed by atoms with van der Waals surface area (Å²) in [5.41, 5.74) is 5.92. The van der Waals surface area contributed by atoms with E-state index in [-0.39, 0.29) is 5.92 Å². The molecule has 1 saturated heterocycles. The Morgan fingerprint density at radius 1 is 1.27 bits per heavy atom. The number of nitrogens with two attached hydrogens (primary N) is 1. The quantitative estimate of drug-likeness (QED) is 0.710. The Bertz CT molecular complexity index is 236. The van der Waals surface area contributed by atoms with Gasteiger partial charge in [0, 0.05) is 25.0 Å². The van der Waals surface area contributed by atoms with Gasteiger partial charge >= 0.3 is 0 Å². The first-order valence-corrected chi connectivity index (χ1v) is 6.23. The van der Waals surface area contributed by atoms with Gasteiger partial charge in [0.05, 0.1) is 0 Å². The molecule has 0 radical (unpaired) electrons. The number of likely N-dealkylation sites (tertiary alicyclic amines) is 1. The predicted octanol–water partition coefficient (Wildman–Crippen LogP) is 1.37. The molecule has 0 aromatic carbocycles. The third kappa shape index (κ3) is 2.33. The Kier molecular flexibility index (Phi) is 3.29. The molecule has 3 unspecified atom stereocenters. The summed E-state index contributed by atoms with van der Waals surface area (Å²) in [7, 11) is 0. The summed E-state index contributed by atoms with van der Waals surface area (Å²) in [6.07, 6.45) is 5.41. The van der Waals surface area contributed by atoms with Crippen LogP contribution in [-0.4, -0.2) is 29.9 Å². The zero-order chi connectivity index (χ0) is 10.8. The average Bonchev–Trinajstić information content (AvgIpc) is 2.69. The Morgan fingerprint density at radius 3 is 2.53 bits per heavy atom. The van der Waals surface area contributed by atoms with Crippen LogP contribution in [0.2, 0.25) is 0 Å². The number of hydrogen-bond acceptors (Lipinski definition) is 2. The number of amides is 1. The lowest BCUT2D eigenvalue weighted by molar-refractivity contribution is -0.137. The first kappa shape index (κ1) is 10.9. The molecule has 1 saturated carbocycles. The van der Waals surface area contributed by atoms with Crippen molar-refractivity contribution in [1.29, 1.82) is 0 Å². The molecule has 1 amide bonds. The second-order valence-corrected chi connectivity index (χ2v) is 5.19. The molecule has 2 fully saturated rings. The summed E-state index contributed by atoms with van der Waals surface area (Å²) >= 11 is 0. The summed E-state index contributed by atoms with van der Waals surface area (Å²) in [4.78, 5) is 14.3. The fraction of sp³-hybridized carbons (Fsp3) is 0.917. The van der Waals surface area contributed by atoms with Crippen molar-refractivity contribution in [2.24, 2.45) is 17.6 Å². The molecular formula is C12H22N2O. The minimum atomic E-state index is 0.253. The van der Waals surface area contributed by atoms with Crippen molar-refractivity contribution in [3.63, 3.8) is 0 Å². The summed E-state index contributed by atoms with van der Waals surface area (Å²) in [6.45, 7) is 4.14. The predicted molar refractivity (Wildman–Crippen MR) is 60.3 cm³/mol. The SMILES string of the molecule is CC1CC(N)CCC1C(=O)N1CCCC1. The van der Waals surface area contributed by atoms with Gasteiger partial charge in [-0.1, -0.05) is 6.92 Å². The fourth-order valence-corrected chi connectivity index (χ4v) is 2.98. The number of hydrogen-bond donors (Lipinski definition) is 1. The summed E-state index contributed by atoms with van der Waals surface area (Å²) in [5, 5.41) is 0. The highest BCUT2D eigenvalue weighted by Gasteiger charge is 2.34. The van der Waals surface area contributed by atoms with E-state index in [1.807, 2.05) is 0 Å². The molecule has 3 nitrogen and oxygen atoms in total. The third-order valence-corrected chi connectivity index (χ3v) is 3.94. The van der Waals surface area contributed by atoms with Gasteiger partial charge < -0.3 is 10.6 Å². The van der Waals surface area contributed by atoms with E-state index in [1.165, 1.54) is 12.8 Å². The second kappa shape index (κ2) is 4.52. The first-order valence-electron chi connectivity index (χ1n) is 6.23. The summed E-state index contributed by atoms with van der Waals surface area (Å²) < 4.78 is 0. The maximum Gasteiger partial charge on any atom is 0.225 e. The van der Waals surface area contributed by atoms with E-state index >= 15 is 0 Å². The monoisotopic (exact) mass is 210 g/mol. The maximum atomic E-state index is 12.2. The molecule has 2 aliphatic rings. The molecule has 3 atom stereocenters. The van der Waals surface area contributed by atoms with Crippen LogP contribution in [0.15, 0.2) is 0 Å². The van der Waals surface area contributed by atoms with E-state index in [0.717, 1.165) is 32.4 Å². The number of nitrogens with zero attached hydrogens (tertiary/aromatic N) is 1. The van der Waals surface area contributed by atoms with Crippen molar-refractivity contribution in [3.05, 3.63) is 0 Å². The molecule has 1 aliphatic heterocycles. The molecule has 1 aliphatic carbocycles. The lowest BCUT2D eigenvalue weighted by Gasteiger charge is -2.33. The van der Waals surface area contributed by atoms with Crippen LogP contribution in [0.25, 0.3) is 0 Å². The van der Waals surface area contributed by atoms with E-state index in [4.69, 9.17) is 5.73 Å². The Labute approximate surface area is 92.0 Å². The molecular weight excluding hydrogens is 188 g/mol. The van der Waals surface area contributed by atoms with Crippen LogP contribution in [0.4, 0.5) is 0 Å². The zero-order valence-corrected chi connectivity index (χ0v) is 9.61. The van der Waals surface area contributed by atoms with Crippen molar-refractivity contribution in [2.45, 2.75) is 45.1 Å². The fourth-order valence-electron chi connectivity index (χ4n) is 2.98. The molecule has 1 heterocycles. The molecule has 86 valence electrons. The highest BCUT2D eigenvalue weighted by molar-refractivity contribution is 5.79. The summed E-state index contributed by atoms with van der Waals surface area (Å²) in [5.74, 6) is 1.12. The summed E-state index contributed by atoms with van der Waals surface area (Å²) in [6, 6.07) is 0.322. The van der Waals surface area contributed by atoms with Gasteiger partial charge in [-0.25, -0.2) is 0 Å². The highest BCUT2D eigenvalue weighted by atomic mass is 16.2. The lowest BCUT2D eigenvalue weighted by Crippen LogP contribution is -2.41. The van der Waals surface area contributed by atoms with Crippen molar-refractivity contribution in [3.8, 4) is 0 Å². The smallest absolute Gasteiger partial charge is 0.225 e. The van der Waals surface area contributed by atoms with Crippen molar-refractivity contribution in [2.75, 3.05) is 13.1 Å². The van der Waals surface area contributed by atoms with Gasteiger partial charge in [0.2, 0.25) is 5.91 Å². The van der Waals surface area contributed by atoms with E-state index < -0.39 is 0 Å². The second-order valence-electron chi connectivity index (χ2n) is 5.19. The van der Waals surface area contributed by atoms with E-state index in [1.54, 1.807) is 0 Å². The van der Waals surface area contributed by atoms with Crippen LogP contribution in [0, 0.1) is 11.8 Å². The molecule has 0 aromatic heterocycles. The van der Waals surface area contributed by atoms with Gasteiger partial charge in [0.15, 0.2) is 0 Å². The number of rotatable bonds is 1. The van der Waals surface area contributed by atoms with Crippen molar-refractivity contribution in [1.82, 2.24) is 4.90 Å². The molecule has 2 N–H and O–H groups in total. The van der Waals surface area contributed by atoms with Crippen LogP contribution >= 0.6 is 0 Å². The molecule has 2 rings (SSSR count). The standard InChI is InChI=1S/C12H22N2O/c1-9-8-10(13)4-5-11(9)12(15)14-6-2-3-7-14/h9-11H,2-8,13H2,1H3. The van der Waals surface area contributed by atoms with E-state index in [2.05, 4.69) is 11.8 Å². The van der Waals surface area contributed by atoms with Crippen LogP contribution in [0.3, 0.4) is 0 Å². The first-order chi connectivity index (χ1) is 7.18. The van der Waals surface area contributed by atoms with Gasteiger partial charge in [-0.2, -0.15) is 0 Å². The topological polar surface area (TPSA) is 46.3 Å². The van der Waals surface area contributed by atoms with Crippen LogP contribution in [-0.2, 0) is 4.79 Å². The Morgan fingerprint density at radius 2 is 1.93 bits per heavy atom. The zero-order valence-electron chi connectivity index (χ0n) is 9.61. The van der Waals surface area contributed by atoms with Crippen molar-refractivity contribution >= 4 is 5.91 Å². The Balaban J connectivity index is 1.94. The number of carbonyl (C=O) groups excluding carboxylic acids is 1. The van der Waals surface area contributed by atoms with Crippen molar-refractivity contribution < 1.29 is 4.79 Å². The normalized spacial score (nSPS) is 36.9. The molecule has 3 heteroatoms. The number of carbonyl (C=O) groups is 1. The maximum absolute atomic E-state index is 12.2. The minimum absolute atomic E-state index is 0.253. The van der Waals surface area contributed by atoms with E-state index in [0.29, 0.717) is 17.9 Å². The molecule has 0 spiro atoms. The lowest BCUT2D eigenvalue weighted by atomic mass is 9.77. The van der Waals surface area contributed by atoms with Gasteiger partial charge in [0.1, 0.15) is 0 Å². The van der Waals surface area contributed by atoms with Gasteiger partial charge in [0.25, 0.3) is 0 Å². The Hall–Kier alpha value is -0.570. The molecule has 0 bridgehead atoms. The minimum Gasteiger partial charge on any atom is -0.342 e. The average molecular weight is 210 g/mol. The van der Waals surface area contributed by atoms with Gasteiger partial charge in [-0.3, -0.25) is 4.79 Å². The van der Waals surface area contributed by atoms with Crippen LogP contribution in [0.1, 0.15) is 39.0 Å². The highest BCUT2D eigenvalue weighted by Crippen LogP contribution is 2.31. The van der Waals surface area contributed by atoms with Crippen LogP contribution in [0.5, 0.6) is 0 Å². The van der Waals surface area contributed by atoms with E-state index in [9.17, 15) is 4.79 Å². The largest absolute Gasteiger partial charge is 0.342 e. The third-order valence-electron chi connectivity index (χ3n) is 3.94.